The van der Waals surface area contributed by atoms with Gasteiger partial charge in [-0.3, -0.25) is 0 Å². The highest BCUT2D eigenvalue weighted by Crippen LogP contribution is 2.26. The van der Waals surface area contributed by atoms with Crippen LogP contribution in [0.15, 0.2) is 29.8 Å². The number of hydrogen-bond acceptors (Lipinski definition) is 5. The number of rotatable bonds is 7. The van der Waals surface area contributed by atoms with Crippen LogP contribution >= 0.6 is 11.3 Å². The van der Waals surface area contributed by atoms with Crippen molar-refractivity contribution in [1.82, 2.24) is 9.97 Å². The third-order valence-corrected chi connectivity index (χ3v) is 3.74. The first-order valence-electron chi connectivity index (χ1n) is 6.98. The predicted octanol–water partition coefficient (Wildman–Crippen LogP) is 4.28. The van der Waals surface area contributed by atoms with Gasteiger partial charge in [0.25, 0.3) is 0 Å². The second-order valence-electron chi connectivity index (χ2n) is 4.89. The minimum atomic E-state index is 0.112. The van der Waals surface area contributed by atoms with Crippen molar-refractivity contribution >= 4 is 17.3 Å². The lowest BCUT2D eigenvalue weighted by Crippen LogP contribution is -2.13. The number of nitrogens with one attached hydrogen (secondary N) is 1. The summed E-state index contributed by atoms with van der Waals surface area (Å²) in [5.74, 6) is 1.23. The van der Waals surface area contributed by atoms with Gasteiger partial charge in [-0.1, -0.05) is 19.4 Å². The van der Waals surface area contributed by atoms with Gasteiger partial charge >= 0.3 is 0 Å². The van der Waals surface area contributed by atoms with Crippen LogP contribution in [-0.4, -0.2) is 16.1 Å². The SMILES string of the molecule is CCCC(Nc1nccc(OC(C)C)n1)c1cccs1. The lowest BCUT2D eigenvalue weighted by molar-refractivity contribution is 0.232. The summed E-state index contributed by atoms with van der Waals surface area (Å²) in [6.45, 7) is 6.16. The van der Waals surface area contributed by atoms with Crippen LogP contribution in [0.2, 0.25) is 0 Å². The Bertz CT molecular complexity index is 514. The molecule has 20 heavy (non-hydrogen) atoms. The second kappa shape index (κ2) is 7.24. The molecule has 2 aromatic heterocycles. The molecule has 0 amide bonds. The molecule has 0 fully saturated rings. The predicted molar refractivity (Wildman–Crippen MR) is 83.4 cm³/mol. The van der Waals surface area contributed by atoms with Crippen LogP contribution in [0.4, 0.5) is 5.95 Å². The average Bonchev–Trinajstić information content (AvgIpc) is 2.91. The zero-order valence-corrected chi connectivity index (χ0v) is 13.0. The molecule has 0 aliphatic rings. The quantitative estimate of drug-likeness (QED) is 0.827. The maximum absolute atomic E-state index is 5.60. The number of thiophene rings is 1. The Hall–Kier alpha value is -1.62. The molecular weight excluding hydrogens is 270 g/mol. The molecule has 2 heterocycles. The van der Waals surface area contributed by atoms with Crippen molar-refractivity contribution in [2.24, 2.45) is 0 Å². The summed E-state index contributed by atoms with van der Waals surface area (Å²) in [6.07, 6.45) is 4.00. The second-order valence-corrected chi connectivity index (χ2v) is 5.87. The molecular formula is C15H21N3OS. The number of aromatic nitrogens is 2. The highest BCUT2D eigenvalue weighted by molar-refractivity contribution is 7.10. The van der Waals surface area contributed by atoms with E-state index in [9.17, 15) is 0 Å². The number of hydrogen-bond donors (Lipinski definition) is 1. The van der Waals surface area contributed by atoms with Crippen LogP contribution in [-0.2, 0) is 0 Å². The first-order valence-corrected chi connectivity index (χ1v) is 7.86. The molecule has 0 radical (unpaired) electrons. The first-order chi connectivity index (χ1) is 9.69. The van der Waals surface area contributed by atoms with E-state index in [4.69, 9.17) is 4.74 Å². The Labute approximate surface area is 124 Å². The summed E-state index contributed by atoms with van der Waals surface area (Å²) in [7, 11) is 0. The maximum Gasteiger partial charge on any atom is 0.226 e. The highest BCUT2D eigenvalue weighted by Gasteiger charge is 2.13. The van der Waals surface area contributed by atoms with Crippen LogP contribution in [0, 0.1) is 0 Å². The van der Waals surface area contributed by atoms with Gasteiger partial charge in [0.05, 0.1) is 12.1 Å². The van der Waals surface area contributed by atoms with Gasteiger partial charge in [0, 0.05) is 17.1 Å². The molecule has 0 saturated carbocycles. The molecule has 0 aliphatic carbocycles. The monoisotopic (exact) mass is 291 g/mol. The highest BCUT2D eigenvalue weighted by atomic mass is 32.1. The largest absolute Gasteiger partial charge is 0.475 e. The zero-order valence-electron chi connectivity index (χ0n) is 12.2. The average molecular weight is 291 g/mol. The van der Waals surface area contributed by atoms with Gasteiger partial charge in [0.15, 0.2) is 0 Å². The van der Waals surface area contributed by atoms with Crippen molar-refractivity contribution in [2.75, 3.05) is 5.32 Å². The summed E-state index contributed by atoms with van der Waals surface area (Å²) >= 11 is 1.76. The third kappa shape index (κ3) is 4.20. The van der Waals surface area contributed by atoms with Crippen molar-refractivity contribution < 1.29 is 4.74 Å². The van der Waals surface area contributed by atoms with Crippen molar-refractivity contribution in [3.8, 4) is 5.88 Å². The molecule has 1 N–H and O–H groups in total. The van der Waals surface area contributed by atoms with E-state index >= 15 is 0 Å². The van der Waals surface area contributed by atoms with Gasteiger partial charge in [-0.15, -0.1) is 11.3 Å². The number of anilines is 1. The molecule has 1 atom stereocenters. The molecule has 0 saturated heterocycles. The van der Waals surface area contributed by atoms with Crippen LogP contribution in [0.5, 0.6) is 5.88 Å². The molecule has 2 aromatic rings. The summed E-state index contributed by atoms with van der Waals surface area (Å²) in [4.78, 5) is 10.00. The van der Waals surface area contributed by atoms with Gasteiger partial charge in [-0.2, -0.15) is 4.98 Å². The molecule has 1 unspecified atom stereocenters. The smallest absolute Gasteiger partial charge is 0.226 e. The molecule has 0 aromatic carbocycles. The van der Waals surface area contributed by atoms with E-state index in [0.717, 1.165) is 12.8 Å². The Morgan fingerprint density at radius 3 is 2.85 bits per heavy atom. The lowest BCUT2D eigenvalue weighted by Gasteiger charge is -2.17. The third-order valence-electron chi connectivity index (χ3n) is 2.75. The minimum absolute atomic E-state index is 0.112. The Balaban J connectivity index is 2.10. The van der Waals surface area contributed by atoms with Crippen LogP contribution < -0.4 is 10.1 Å². The summed E-state index contributed by atoms with van der Waals surface area (Å²) in [6, 6.07) is 6.26. The fourth-order valence-electron chi connectivity index (χ4n) is 1.94. The van der Waals surface area contributed by atoms with E-state index in [1.54, 1.807) is 23.6 Å². The van der Waals surface area contributed by atoms with Gasteiger partial charge in [-0.05, 0) is 31.7 Å². The van der Waals surface area contributed by atoms with Crippen molar-refractivity contribution in [2.45, 2.75) is 45.8 Å². The minimum Gasteiger partial charge on any atom is -0.475 e. The number of ether oxygens (including phenoxy) is 1. The van der Waals surface area contributed by atoms with E-state index in [1.807, 2.05) is 13.8 Å². The zero-order chi connectivity index (χ0) is 14.4. The van der Waals surface area contributed by atoms with E-state index < -0.39 is 0 Å². The molecule has 0 aliphatic heterocycles. The molecule has 2 rings (SSSR count). The Morgan fingerprint density at radius 2 is 2.20 bits per heavy atom. The number of nitrogens with zero attached hydrogens (tertiary/aromatic N) is 2. The maximum atomic E-state index is 5.60. The topological polar surface area (TPSA) is 47.0 Å². The molecule has 4 nitrogen and oxygen atoms in total. The summed E-state index contributed by atoms with van der Waals surface area (Å²) in [5.41, 5.74) is 0. The van der Waals surface area contributed by atoms with Gasteiger partial charge in [0.2, 0.25) is 11.8 Å². The van der Waals surface area contributed by atoms with Crippen LogP contribution in [0.1, 0.15) is 44.5 Å². The molecule has 108 valence electrons. The van der Waals surface area contributed by atoms with Crippen LogP contribution in [0.3, 0.4) is 0 Å². The standard InChI is InChI=1S/C15H21N3OS/c1-4-6-12(13-7-5-10-20-13)17-15-16-9-8-14(18-15)19-11(2)3/h5,7-12H,4,6H2,1-3H3,(H,16,17,18). The van der Waals surface area contributed by atoms with E-state index in [2.05, 4.69) is 39.7 Å². The normalized spacial score (nSPS) is 12.4. The first kappa shape index (κ1) is 14.8. The van der Waals surface area contributed by atoms with E-state index in [0.29, 0.717) is 11.8 Å². The Kier molecular flexibility index (Phi) is 5.35. The van der Waals surface area contributed by atoms with Crippen LogP contribution in [0.25, 0.3) is 0 Å². The van der Waals surface area contributed by atoms with E-state index in [-0.39, 0.29) is 12.1 Å². The molecule has 0 bridgehead atoms. The lowest BCUT2D eigenvalue weighted by atomic mass is 10.1. The van der Waals surface area contributed by atoms with Gasteiger partial charge in [0.1, 0.15) is 0 Å². The summed E-state index contributed by atoms with van der Waals surface area (Å²) < 4.78 is 5.60. The van der Waals surface area contributed by atoms with E-state index in [1.165, 1.54) is 4.88 Å². The molecule has 0 spiro atoms. The summed E-state index contributed by atoms with van der Waals surface area (Å²) in [5, 5.41) is 5.50. The van der Waals surface area contributed by atoms with Crippen molar-refractivity contribution in [3.05, 3.63) is 34.7 Å². The molecule has 5 heteroatoms. The van der Waals surface area contributed by atoms with Gasteiger partial charge < -0.3 is 10.1 Å². The fraction of sp³-hybridized carbons (Fsp3) is 0.467. The van der Waals surface area contributed by atoms with Crippen molar-refractivity contribution in [3.63, 3.8) is 0 Å². The fourth-order valence-corrected chi connectivity index (χ4v) is 2.75. The Morgan fingerprint density at radius 1 is 1.35 bits per heavy atom. The van der Waals surface area contributed by atoms with Crippen molar-refractivity contribution in [1.29, 1.82) is 0 Å². The van der Waals surface area contributed by atoms with Gasteiger partial charge in [-0.25, -0.2) is 4.98 Å².